The zero-order valence-corrected chi connectivity index (χ0v) is 18.5. The van der Waals surface area contributed by atoms with Gasteiger partial charge in [-0.25, -0.2) is 9.59 Å². The Morgan fingerprint density at radius 3 is 1.68 bits per heavy atom. The second-order valence-electron chi connectivity index (χ2n) is 7.36. The lowest BCUT2D eigenvalue weighted by Gasteiger charge is -2.30. The molecular weight excluding hydrogens is 438 g/mol. The highest BCUT2D eigenvalue weighted by atomic mass is 16.5. The molecule has 1 aliphatic rings. The lowest BCUT2D eigenvalue weighted by Crippen LogP contribution is -2.63. The second-order valence-corrected chi connectivity index (χ2v) is 7.36. The number of hydrogen-bond donors (Lipinski definition) is 5. The first-order valence-corrected chi connectivity index (χ1v) is 10.3. The first-order valence-electron chi connectivity index (χ1n) is 10.3. The molecule has 174 valence electrons. The highest BCUT2D eigenvalue weighted by Crippen LogP contribution is 2.34. The summed E-state index contributed by atoms with van der Waals surface area (Å²) >= 11 is 0. The van der Waals surface area contributed by atoms with Gasteiger partial charge < -0.3 is 36.1 Å². The van der Waals surface area contributed by atoms with Crippen LogP contribution in [0.1, 0.15) is 5.56 Å². The van der Waals surface area contributed by atoms with E-state index >= 15 is 0 Å². The Balaban J connectivity index is 1.57. The largest absolute Gasteiger partial charge is 0.497 e. The summed E-state index contributed by atoms with van der Waals surface area (Å²) in [4.78, 5) is 38.8. The molecule has 0 radical (unpaired) electrons. The van der Waals surface area contributed by atoms with Crippen molar-refractivity contribution in [3.63, 3.8) is 0 Å². The van der Waals surface area contributed by atoms with Crippen molar-refractivity contribution in [2.45, 2.75) is 5.66 Å². The zero-order chi connectivity index (χ0) is 24.1. The lowest BCUT2D eigenvalue weighted by molar-refractivity contribution is -0.122. The van der Waals surface area contributed by atoms with Gasteiger partial charge in [0.2, 0.25) is 5.66 Å². The number of anilines is 3. The first kappa shape index (κ1) is 22.5. The van der Waals surface area contributed by atoms with E-state index in [9.17, 15) is 14.4 Å². The molecule has 10 nitrogen and oxygen atoms in total. The van der Waals surface area contributed by atoms with E-state index in [2.05, 4.69) is 26.6 Å². The second kappa shape index (κ2) is 9.41. The van der Waals surface area contributed by atoms with E-state index in [1.165, 1.54) is 14.2 Å². The number of amides is 5. The minimum absolute atomic E-state index is 0.398. The van der Waals surface area contributed by atoms with Gasteiger partial charge in [0, 0.05) is 22.6 Å². The molecular formula is C24H23N5O5. The SMILES string of the molecule is COc1ccc(NC(=O)NC2(NC(=O)Nc3ccc(OC)cc3)C(=O)Nc3ccccc32)cc1. The van der Waals surface area contributed by atoms with Crippen molar-refractivity contribution in [1.82, 2.24) is 10.6 Å². The molecule has 34 heavy (non-hydrogen) atoms. The quantitative estimate of drug-likeness (QED) is 0.359. The third kappa shape index (κ3) is 4.56. The van der Waals surface area contributed by atoms with Gasteiger partial charge in [-0.1, -0.05) is 18.2 Å². The predicted octanol–water partition coefficient (Wildman–Crippen LogP) is 3.45. The minimum atomic E-state index is -1.84. The van der Waals surface area contributed by atoms with Crippen molar-refractivity contribution >= 4 is 35.0 Å². The van der Waals surface area contributed by atoms with Gasteiger partial charge in [0.1, 0.15) is 11.5 Å². The van der Waals surface area contributed by atoms with E-state index in [0.717, 1.165) is 0 Å². The van der Waals surface area contributed by atoms with Crippen LogP contribution in [-0.4, -0.2) is 32.2 Å². The normalized spacial score (nSPS) is 13.2. The number of benzene rings is 3. The summed E-state index contributed by atoms with van der Waals surface area (Å²) in [6, 6.07) is 18.7. The van der Waals surface area contributed by atoms with Crippen LogP contribution in [0.4, 0.5) is 26.7 Å². The van der Waals surface area contributed by atoms with Crippen LogP contribution in [0, 0.1) is 0 Å². The Labute approximate surface area is 195 Å². The van der Waals surface area contributed by atoms with Gasteiger partial charge in [-0.2, -0.15) is 0 Å². The van der Waals surface area contributed by atoms with E-state index in [1.54, 1.807) is 72.8 Å². The fourth-order valence-electron chi connectivity index (χ4n) is 3.55. The van der Waals surface area contributed by atoms with Crippen molar-refractivity contribution in [2.75, 3.05) is 30.2 Å². The summed E-state index contributed by atoms with van der Waals surface area (Å²) in [5.41, 5.74) is -0.0219. The number of methoxy groups -OCH3 is 2. The summed E-state index contributed by atoms with van der Waals surface area (Å²) in [5, 5.41) is 13.3. The van der Waals surface area contributed by atoms with Crippen LogP contribution < -0.4 is 36.1 Å². The maximum Gasteiger partial charge on any atom is 0.321 e. The zero-order valence-electron chi connectivity index (χ0n) is 18.5. The van der Waals surface area contributed by atoms with Crippen molar-refractivity contribution in [2.24, 2.45) is 0 Å². The topological polar surface area (TPSA) is 130 Å². The van der Waals surface area contributed by atoms with Crippen LogP contribution in [0.15, 0.2) is 72.8 Å². The Morgan fingerprint density at radius 1 is 0.735 bits per heavy atom. The molecule has 10 heteroatoms. The smallest absolute Gasteiger partial charge is 0.321 e. The van der Waals surface area contributed by atoms with E-state index in [-0.39, 0.29) is 0 Å². The van der Waals surface area contributed by atoms with Crippen molar-refractivity contribution in [3.8, 4) is 11.5 Å². The van der Waals surface area contributed by atoms with E-state index in [4.69, 9.17) is 9.47 Å². The standard InChI is InChI=1S/C24H23N5O5/c1-33-17-11-7-15(8-12-17)25-22(31)28-24(19-5-3-4-6-20(19)27-21(24)30)29-23(32)26-16-9-13-18(34-2)14-10-16/h3-14H,1-2H3,(H,27,30)(H2,25,28,31)(H2,26,29,32). The van der Waals surface area contributed by atoms with E-state index in [0.29, 0.717) is 34.1 Å². The van der Waals surface area contributed by atoms with Gasteiger partial charge in [-0.3, -0.25) is 4.79 Å². The number of para-hydroxylation sites is 1. The molecule has 4 rings (SSSR count). The van der Waals surface area contributed by atoms with Crippen molar-refractivity contribution < 1.29 is 23.9 Å². The molecule has 0 bridgehead atoms. The van der Waals surface area contributed by atoms with Crippen LogP contribution >= 0.6 is 0 Å². The maximum atomic E-state index is 13.1. The number of ether oxygens (including phenoxy) is 2. The molecule has 1 heterocycles. The third-order valence-electron chi connectivity index (χ3n) is 5.22. The molecule has 0 saturated heterocycles. The Kier molecular flexibility index (Phi) is 6.22. The number of carbonyl (C=O) groups excluding carboxylic acids is 3. The van der Waals surface area contributed by atoms with Crippen LogP contribution in [0.3, 0.4) is 0 Å². The molecule has 5 amide bonds. The number of fused-ring (bicyclic) bond motifs is 1. The number of rotatable bonds is 6. The molecule has 1 aliphatic heterocycles. The molecule has 0 aliphatic carbocycles. The Hall–Kier alpha value is -4.73. The summed E-state index contributed by atoms with van der Waals surface area (Å²) in [6.07, 6.45) is 0. The molecule has 3 aromatic carbocycles. The fourth-order valence-corrected chi connectivity index (χ4v) is 3.55. The summed E-state index contributed by atoms with van der Waals surface area (Å²) < 4.78 is 10.2. The van der Waals surface area contributed by atoms with Crippen molar-refractivity contribution in [3.05, 3.63) is 78.4 Å². The summed E-state index contributed by atoms with van der Waals surface area (Å²) in [6.45, 7) is 0. The minimum Gasteiger partial charge on any atom is -0.497 e. The first-order chi connectivity index (χ1) is 16.4. The summed E-state index contributed by atoms with van der Waals surface area (Å²) in [5.74, 6) is 0.648. The Bertz CT molecular complexity index is 1150. The van der Waals surface area contributed by atoms with Crippen LogP contribution in [0.2, 0.25) is 0 Å². The highest BCUT2D eigenvalue weighted by Gasteiger charge is 2.49. The van der Waals surface area contributed by atoms with E-state index in [1.807, 2.05) is 0 Å². The van der Waals surface area contributed by atoms with Gasteiger partial charge >= 0.3 is 12.1 Å². The van der Waals surface area contributed by atoms with Crippen LogP contribution in [-0.2, 0) is 10.5 Å². The number of hydrogen-bond acceptors (Lipinski definition) is 5. The molecule has 0 saturated carbocycles. The van der Waals surface area contributed by atoms with Crippen LogP contribution in [0.25, 0.3) is 0 Å². The fraction of sp³-hybridized carbons (Fsp3) is 0.125. The lowest BCUT2D eigenvalue weighted by atomic mass is 10.0. The van der Waals surface area contributed by atoms with Gasteiger partial charge in [-0.05, 0) is 54.6 Å². The maximum absolute atomic E-state index is 13.1. The third-order valence-corrected chi connectivity index (χ3v) is 5.22. The number of carbonyl (C=O) groups is 3. The monoisotopic (exact) mass is 461 g/mol. The van der Waals surface area contributed by atoms with E-state index < -0.39 is 23.6 Å². The molecule has 0 fully saturated rings. The average molecular weight is 461 g/mol. The number of nitrogens with one attached hydrogen (secondary N) is 5. The molecule has 0 atom stereocenters. The Morgan fingerprint density at radius 2 is 1.21 bits per heavy atom. The van der Waals surface area contributed by atoms with Crippen LogP contribution in [0.5, 0.6) is 11.5 Å². The van der Waals surface area contributed by atoms with Gasteiger partial charge in [-0.15, -0.1) is 0 Å². The van der Waals surface area contributed by atoms with Gasteiger partial charge in [0.15, 0.2) is 0 Å². The van der Waals surface area contributed by atoms with Crippen molar-refractivity contribution in [1.29, 1.82) is 0 Å². The highest BCUT2D eigenvalue weighted by molar-refractivity contribution is 6.10. The number of urea groups is 2. The molecule has 3 aromatic rings. The molecule has 5 N–H and O–H groups in total. The molecule has 0 unspecified atom stereocenters. The van der Waals surface area contributed by atoms with Gasteiger partial charge in [0.05, 0.1) is 14.2 Å². The predicted molar refractivity (Wildman–Crippen MR) is 127 cm³/mol. The molecule has 0 aromatic heterocycles. The molecule has 0 spiro atoms. The van der Waals surface area contributed by atoms with Gasteiger partial charge in [0.25, 0.3) is 5.91 Å². The average Bonchev–Trinajstić information content (AvgIpc) is 3.10. The summed E-state index contributed by atoms with van der Waals surface area (Å²) in [7, 11) is 3.08.